The lowest BCUT2D eigenvalue weighted by molar-refractivity contribution is 0.0667. The number of ether oxygens (including phenoxy) is 1. The van der Waals surface area contributed by atoms with Crippen LogP contribution in [0, 0.1) is 5.82 Å². The van der Waals surface area contributed by atoms with Gasteiger partial charge in [-0.2, -0.15) is 5.10 Å². The maximum absolute atomic E-state index is 13.4. The Kier molecular flexibility index (Phi) is 4.52. The Hall–Kier alpha value is -1.86. The predicted molar refractivity (Wildman–Crippen MR) is 95.2 cm³/mol. The van der Waals surface area contributed by atoms with Gasteiger partial charge in [0.2, 0.25) is 0 Å². The maximum atomic E-state index is 13.4. The van der Waals surface area contributed by atoms with Gasteiger partial charge in [-0.05, 0) is 46.5 Å². The van der Waals surface area contributed by atoms with E-state index in [4.69, 9.17) is 9.73 Å². The molecule has 0 N–H and O–H groups in total. The Morgan fingerprint density at radius 2 is 2.12 bits per heavy atom. The van der Waals surface area contributed by atoms with Crippen LogP contribution in [0.15, 0.2) is 33.9 Å². The van der Waals surface area contributed by atoms with E-state index in [2.05, 4.69) is 21.0 Å². The van der Waals surface area contributed by atoms with Gasteiger partial charge in [0.15, 0.2) is 11.6 Å². The van der Waals surface area contributed by atoms with E-state index in [1.165, 1.54) is 6.07 Å². The van der Waals surface area contributed by atoms with E-state index in [1.54, 1.807) is 18.3 Å². The monoisotopic (exact) mass is 405 g/mol. The van der Waals surface area contributed by atoms with Crippen molar-refractivity contribution in [3.8, 4) is 0 Å². The molecule has 5 nitrogen and oxygen atoms in total. The summed E-state index contributed by atoms with van der Waals surface area (Å²) in [5.74, 6) is 0.393. The van der Waals surface area contributed by atoms with Crippen molar-refractivity contribution in [1.29, 1.82) is 0 Å². The third-order valence-corrected chi connectivity index (χ3v) is 5.23. The third-order valence-electron chi connectivity index (χ3n) is 4.63. The smallest absolute Gasteiger partial charge is 0.173 e. The van der Waals surface area contributed by atoms with Crippen molar-refractivity contribution in [3.63, 3.8) is 0 Å². The molecule has 0 spiro atoms. The van der Waals surface area contributed by atoms with Gasteiger partial charge >= 0.3 is 0 Å². The van der Waals surface area contributed by atoms with Crippen molar-refractivity contribution in [2.45, 2.75) is 31.7 Å². The molecule has 130 valence electrons. The minimum absolute atomic E-state index is 0.0412. The summed E-state index contributed by atoms with van der Waals surface area (Å²) in [5, 5.41) is 4.42. The Bertz CT molecular complexity index is 856. The van der Waals surface area contributed by atoms with Crippen LogP contribution in [-0.4, -0.2) is 34.5 Å². The first-order chi connectivity index (χ1) is 12.1. The molecule has 1 aromatic heterocycles. The zero-order chi connectivity index (χ0) is 17.4. The zero-order valence-corrected chi connectivity index (χ0v) is 15.1. The van der Waals surface area contributed by atoms with Crippen LogP contribution in [0.3, 0.4) is 0 Å². The van der Waals surface area contributed by atoms with Gasteiger partial charge in [-0.1, -0.05) is 6.07 Å². The molecule has 4 rings (SSSR count). The number of hydrogen-bond donors (Lipinski definition) is 0. The van der Waals surface area contributed by atoms with Crippen molar-refractivity contribution < 1.29 is 13.9 Å². The van der Waals surface area contributed by atoms with Crippen molar-refractivity contribution in [3.05, 3.63) is 45.8 Å². The van der Waals surface area contributed by atoms with Gasteiger partial charge in [0.25, 0.3) is 0 Å². The normalized spacial score (nSPS) is 18.2. The molecule has 0 radical (unpaired) electrons. The fourth-order valence-corrected chi connectivity index (χ4v) is 3.74. The number of nitrogens with zero attached hydrogens (tertiary/aromatic N) is 3. The van der Waals surface area contributed by atoms with Gasteiger partial charge in [-0.3, -0.25) is 4.79 Å². The highest BCUT2D eigenvalue weighted by atomic mass is 79.9. The molecule has 1 fully saturated rings. The van der Waals surface area contributed by atoms with Crippen LogP contribution in [0.4, 0.5) is 10.2 Å². The quantitative estimate of drug-likeness (QED) is 0.773. The number of halogens is 2. The molecule has 2 aromatic rings. The van der Waals surface area contributed by atoms with Crippen molar-refractivity contribution in [2.75, 3.05) is 13.2 Å². The Balaban J connectivity index is 1.64. The van der Waals surface area contributed by atoms with E-state index in [1.807, 2.05) is 4.68 Å². The summed E-state index contributed by atoms with van der Waals surface area (Å²) < 4.78 is 21.1. The van der Waals surface area contributed by atoms with Gasteiger partial charge in [0.05, 0.1) is 28.7 Å². The lowest BCUT2D eigenvalue weighted by Crippen LogP contribution is -2.22. The topological polar surface area (TPSA) is 56.5 Å². The van der Waals surface area contributed by atoms with Crippen LogP contribution in [-0.2, 0) is 11.2 Å². The van der Waals surface area contributed by atoms with Crippen LogP contribution in [0.1, 0.15) is 41.2 Å². The van der Waals surface area contributed by atoms with E-state index in [-0.39, 0.29) is 24.1 Å². The van der Waals surface area contributed by atoms with Crippen LogP contribution in [0.25, 0.3) is 0 Å². The molecule has 7 heteroatoms. The summed E-state index contributed by atoms with van der Waals surface area (Å²) in [6.07, 6.45) is 4.17. The fourth-order valence-electron chi connectivity index (χ4n) is 3.32. The molecule has 2 aliphatic rings. The average Bonchev–Trinajstić information content (AvgIpc) is 3.03. The molecular formula is C18H17BrFN3O2. The Morgan fingerprint density at radius 3 is 2.88 bits per heavy atom. The molecule has 1 aromatic carbocycles. The summed E-state index contributed by atoms with van der Waals surface area (Å²) in [4.78, 5) is 17.2. The molecule has 0 bridgehead atoms. The number of aliphatic imine (C=N–C) groups is 1. The predicted octanol–water partition coefficient (Wildman–Crippen LogP) is 4.04. The zero-order valence-electron chi connectivity index (χ0n) is 13.5. The second-order valence-electron chi connectivity index (χ2n) is 6.37. The fraction of sp³-hybridized carbons (Fsp3) is 0.389. The lowest BCUT2D eigenvalue weighted by Gasteiger charge is -2.24. The number of Topliss-reactive ketones (excluding diaryl/α,β-unsaturated/α-hetero) is 1. The first-order valence-electron chi connectivity index (χ1n) is 8.30. The summed E-state index contributed by atoms with van der Waals surface area (Å²) in [6, 6.07) is 5.09. The summed E-state index contributed by atoms with van der Waals surface area (Å²) in [5.41, 5.74) is 2.29. The molecule has 0 saturated carbocycles. The molecular weight excluding hydrogens is 389 g/mol. The van der Waals surface area contributed by atoms with Gasteiger partial charge in [-0.15, -0.1) is 0 Å². The molecule has 0 amide bonds. The first kappa shape index (κ1) is 16.6. The second-order valence-corrected chi connectivity index (χ2v) is 7.23. The highest BCUT2D eigenvalue weighted by molar-refractivity contribution is 9.10. The van der Waals surface area contributed by atoms with Gasteiger partial charge in [0.1, 0.15) is 5.82 Å². The van der Waals surface area contributed by atoms with E-state index >= 15 is 0 Å². The number of aromatic nitrogens is 2. The summed E-state index contributed by atoms with van der Waals surface area (Å²) >= 11 is 3.20. The highest BCUT2D eigenvalue weighted by Crippen LogP contribution is 2.32. The number of carbonyl (C=O) groups excluding carboxylic acids is 1. The summed E-state index contributed by atoms with van der Waals surface area (Å²) in [6.45, 7) is 1.40. The average molecular weight is 406 g/mol. The summed E-state index contributed by atoms with van der Waals surface area (Å²) in [7, 11) is 0. The van der Waals surface area contributed by atoms with Crippen molar-refractivity contribution in [2.24, 2.45) is 4.99 Å². The lowest BCUT2D eigenvalue weighted by atomic mass is 9.99. The molecule has 1 saturated heterocycles. The van der Waals surface area contributed by atoms with Crippen LogP contribution < -0.4 is 0 Å². The van der Waals surface area contributed by atoms with E-state index in [9.17, 15) is 9.18 Å². The van der Waals surface area contributed by atoms with Crippen LogP contribution in [0.5, 0.6) is 0 Å². The van der Waals surface area contributed by atoms with E-state index < -0.39 is 0 Å². The Labute approximate surface area is 153 Å². The third kappa shape index (κ3) is 3.30. The maximum Gasteiger partial charge on any atom is 0.173 e. The van der Waals surface area contributed by atoms with Gasteiger partial charge in [-0.25, -0.2) is 14.1 Å². The number of benzene rings is 1. The minimum Gasteiger partial charge on any atom is -0.381 e. The number of rotatable bonds is 3. The second kappa shape index (κ2) is 6.80. The largest absolute Gasteiger partial charge is 0.381 e. The van der Waals surface area contributed by atoms with Crippen molar-refractivity contribution in [1.82, 2.24) is 9.78 Å². The first-order valence-corrected chi connectivity index (χ1v) is 9.10. The van der Waals surface area contributed by atoms with Crippen molar-refractivity contribution >= 4 is 33.2 Å². The molecule has 0 atom stereocenters. The molecule has 2 aliphatic heterocycles. The standard InChI is InChI=1S/C18H17BrFN3O2/c19-15-8-11(1-2-16(15)20)7-12-9-17(24)14-10-21-23(18(14)22-12)13-3-5-25-6-4-13/h1-2,8,10,13H,3-7,9H2. The number of carbonyl (C=O) groups is 1. The molecule has 0 unspecified atom stereocenters. The Morgan fingerprint density at radius 1 is 1.32 bits per heavy atom. The minimum atomic E-state index is -0.301. The SMILES string of the molecule is O=C1CC(Cc2ccc(F)c(Br)c2)=Nc2c1cnn2C1CCOCC1. The van der Waals surface area contributed by atoms with Gasteiger partial charge < -0.3 is 4.74 Å². The van der Waals surface area contributed by atoms with Gasteiger partial charge in [0, 0.05) is 25.3 Å². The molecule has 25 heavy (non-hydrogen) atoms. The number of hydrogen-bond acceptors (Lipinski definition) is 4. The highest BCUT2D eigenvalue weighted by Gasteiger charge is 2.28. The van der Waals surface area contributed by atoms with Crippen LogP contribution >= 0.6 is 15.9 Å². The number of fused-ring (bicyclic) bond motifs is 1. The van der Waals surface area contributed by atoms with E-state index in [0.29, 0.717) is 35.5 Å². The molecule has 0 aliphatic carbocycles. The number of ketones is 1. The van der Waals surface area contributed by atoms with Crippen LogP contribution in [0.2, 0.25) is 0 Å². The molecule has 3 heterocycles. The van der Waals surface area contributed by atoms with E-state index in [0.717, 1.165) is 24.1 Å².